The smallest absolute Gasteiger partial charge is 0.424 e. The Morgan fingerprint density at radius 3 is 2.64 bits per heavy atom. The molecule has 47 heavy (non-hydrogen) atoms. The number of methoxy groups -OCH3 is 1. The van der Waals surface area contributed by atoms with E-state index in [1.165, 1.54) is 43.7 Å². The molecule has 0 radical (unpaired) electrons. The minimum absolute atomic E-state index is 0.0293. The second-order valence-corrected chi connectivity index (χ2v) is 12.6. The molecule has 0 bridgehead atoms. The number of hydrogen-bond acceptors (Lipinski definition) is 8. The molecule has 1 aliphatic heterocycles. The van der Waals surface area contributed by atoms with Crippen LogP contribution in [0.25, 0.3) is 32.2 Å². The van der Waals surface area contributed by atoms with Crippen molar-refractivity contribution >= 4 is 55.7 Å². The number of halogens is 5. The highest BCUT2D eigenvalue weighted by Gasteiger charge is 2.57. The third-order valence-corrected chi connectivity index (χ3v) is 9.70. The lowest BCUT2D eigenvalue weighted by Gasteiger charge is -2.31. The third-order valence-electron chi connectivity index (χ3n) is 8.31. The molecule has 6 rings (SSSR count). The first-order valence-corrected chi connectivity index (χ1v) is 15.2. The minimum atomic E-state index is -5.39. The van der Waals surface area contributed by atoms with E-state index in [-0.39, 0.29) is 45.2 Å². The van der Waals surface area contributed by atoms with Crippen molar-refractivity contribution in [2.45, 2.75) is 31.0 Å². The normalized spacial score (nSPS) is 17.3. The number of nitrogens with zero attached hydrogens (tertiary/aromatic N) is 2. The molecule has 0 fully saturated rings. The van der Waals surface area contributed by atoms with Crippen molar-refractivity contribution in [1.29, 1.82) is 0 Å². The van der Waals surface area contributed by atoms with Crippen molar-refractivity contribution in [3.8, 4) is 22.8 Å². The minimum Gasteiger partial charge on any atom is -0.494 e. The summed E-state index contributed by atoms with van der Waals surface area (Å²) in [5.41, 5.74) is 0.169. The second-order valence-electron chi connectivity index (χ2n) is 11.3. The van der Waals surface area contributed by atoms with Crippen molar-refractivity contribution in [2.75, 3.05) is 20.3 Å². The summed E-state index contributed by atoms with van der Waals surface area (Å²) in [5, 5.41) is 16.1. The van der Waals surface area contributed by atoms with Crippen LogP contribution in [0.3, 0.4) is 0 Å². The number of aliphatic hydroxyl groups is 1. The first-order chi connectivity index (χ1) is 22.1. The van der Waals surface area contributed by atoms with Crippen LogP contribution in [0.2, 0.25) is 5.02 Å². The lowest BCUT2D eigenvalue weighted by molar-refractivity contribution is -0.265. The maximum Gasteiger partial charge on any atom is 0.424 e. The van der Waals surface area contributed by atoms with E-state index in [4.69, 9.17) is 26.8 Å². The molecule has 244 valence electrons. The third kappa shape index (κ3) is 5.20. The molecule has 4 heterocycles. The van der Waals surface area contributed by atoms with Gasteiger partial charge in [0.1, 0.15) is 40.5 Å². The number of carbonyl (C=O) groups excluding carboxylic acids is 2. The van der Waals surface area contributed by atoms with Crippen molar-refractivity contribution in [1.82, 2.24) is 15.3 Å². The Bertz CT molecular complexity index is 2120. The van der Waals surface area contributed by atoms with E-state index in [1.54, 1.807) is 19.1 Å². The summed E-state index contributed by atoms with van der Waals surface area (Å²) in [6.07, 6.45) is -5.39. The summed E-state index contributed by atoms with van der Waals surface area (Å²) in [6, 6.07) is 9.35. The van der Waals surface area contributed by atoms with Gasteiger partial charge in [0.05, 0.1) is 34.8 Å². The van der Waals surface area contributed by atoms with Gasteiger partial charge < -0.3 is 25.6 Å². The number of pyridine rings is 2. The van der Waals surface area contributed by atoms with Crippen molar-refractivity contribution in [3.05, 3.63) is 81.2 Å². The zero-order chi connectivity index (χ0) is 34.1. The summed E-state index contributed by atoms with van der Waals surface area (Å²) in [4.78, 5) is 34.4. The fraction of sp³-hybridized carbons (Fsp3) is 0.250. The number of aromatic nitrogens is 2. The SMILES string of the molecule is COc1cc(C(=O)NCC(O)(c2cc3c(c(-c4csc5c(F)cccc45)n2)OC[C@]3(C)C(N)=O)C(F)(F)F)cc2cc(Cl)c(C)nc12. The maximum absolute atomic E-state index is 14.9. The van der Waals surface area contributed by atoms with E-state index in [9.17, 15) is 32.3 Å². The van der Waals surface area contributed by atoms with Crippen LogP contribution in [-0.4, -0.2) is 53.3 Å². The molecular formula is C32H25ClF4N4O5S. The Balaban J connectivity index is 1.46. The Kier molecular flexibility index (Phi) is 7.80. The van der Waals surface area contributed by atoms with Crippen LogP contribution in [0.1, 0.15) is 34.2 Å². The predicted molar refractivity (Wildman–Crippen MR) is 167 cm³/mol. The fourth-order valence-electron chi connectivity index (χ4n) is 5.44. The lowest BCUT2D eigenvalue weighted by atomic mass is 9.81. The van der Waals surface area contributed by atoms with Gasteiger partial charge in [-0.2, -0.15) is 13.2 Å². The van der Waals surface area contributed by atoms with Gasteiger partial charge in [-0.25, -0.2) is 14.4 Å². The maximum atomic E-state index is 14.9. The highest BCUT2D eigenvalue weighted by atomic mass is 35.5. The standard InChI is InChI=1S/C32H25ClF4N4O5S/c1-14-20(33)8-15-7-16(9-22(45-3)24(15)40-14)28(42)39-12-31(44,32(35,36)37)23-10-19-26(46-13-30(19,2)29(38)43)25(41-23)18-11-47-27-17(18)5-4-6-21(27)34/h4-11,44H,12-13H2,1-3H3,(H2,38,43)(H,39,42)/t30-,31?/m0/s1. The number of benzene rings is 2. The fourth-order valence-corrected chi connectivity index (χ4v) is 6.56. The van der Waals surface area contributed by atoms with Crippen LogP contribution in [-0.2, 0) is 15.8 Å². The number of rotatable bonds is 7. The average Bonchev–Trinajstić information content (AvgIpc) is 3.61. The summed E-state index contributed by atoms with van der Waals surface area (Å²) < 4.78 is 70.6. The van der Waals surface area contributed by atoms with E-state index in [1.807, 2.05) is 0 Å². The van der Waals surface area contributed by atoms with Crippen molar-refractivity contribution in [2.24, 2.45) is 5.73 Å². The number of alkyl halides is 3. The van der Waals surface area contributed by atoms with Gasteiger partial charge in [0.2, 0.25) is 11.5 Å². The van der Waals surface area contributed by atoms with Gasteiger partial charge in [0.15, 0.2) is 0 Å². The van der Waals surface area contributed by atoms with Crippen molar-refractivity contribution < 1.29 is 41.7 Å². The van der Waals surface area contributed by atoms with Gasteiger partial charge in [0, 0.05) is 32.8 Å². The Morgan fingerprint density at radius 2 is 1.96 bits per heavy atom. The van der Waals surface area contributed by atoms with E-state index < -0.39 is 47.1 Å². The Hall–Kier alpha value is -4.53. The number of ether oxygens (including phenoxy) is 2. The van der Waals surface area contributed by atoms with Crippen LogP contribution in [0.5, 0.6) is 11.5 Å². The number of aryl methyl sites for hydroxylation is 1. The molecule has 1 aliphatic rings. The molecule has 15 heteroatoms. The average molecular weight is 689 g/mol. The van der Waals surface area contributed by atoms with Crippen LogP contribution in [0, 0.1) is 12.7 Å². The van der Waals surface area contributed by atoms with Crippen LogP contribution < -0.4 is 20.5 Å². The zero-order valence-electron chi connectivity index (χ0n) is 24.9. The number of nitrogens with two attached hydrogens (primary N) is 1. The quantitative estimate of drug-likeness (QED) is 0.180. The highest BCUT2D eigenvalue weighted by Crippen LogP contribution is 2.49. The molecule has 4 N–H and O–H groups in total. The number of nitrogens with one attached hydrogen (secondary N) is 1. The van der Waals surface area contributed by atoms with Crippen molar-refractivity contribution in [3.63, 3.8) is 0 Å². The number of fused-ring (bicyclic) bond motifs is 3. The second kappa shape index (κ2) is 11.3. The first-order valence-electron chi connectivity index (χ1n) is 14.0. The molecule has 0 saturated heterocycles. The van der Waals surface area contributed by atoms with Gasteiger partial charge in [0.25, 0.3) is 5.91 Å². The zero-order valence-corrected chi connectivity index (χ0v) is 26.5. The molecule has 2 amide bonds. The predicted octanol–water partition coefficient (Wildman–Crippen LogP) is 5.94. The van der Waals surface area contributed by atoms with Gasteiger partial charge in [-0.3, -0.25) is 9.59 Å². The lowest BCUT2D eigenvalue weighted by Crippen LogP contribution is -2.51. The van der Waals surface area contributed by atoms with E-state index in [0.717, 1.165) is 17.4 Å². The number of primary amides is 1. The Morgan fingerprint density at radius 1 is 1.21 bits per heavy atom. The first kappa shape index (κ1) is 32.4. The van der Waals surface area contributed by atoms with Gasteiger partial charge >= 0.3 is 6.18 Å². The summed E-state index contributed by atoms with van der Waals surface area (Å²) in [7, 11) is 1.34. The number of amides is 2. The van der Waals surface area contributed by atoms with Crippen LogP contribution in [0.4, 0.5) is 17.6 Å². The molecule has 3 aromatic heterocycles. The summed E-state index contributed by atoms with van der Waals surface area (Å²) in [6.45, 7) is 1.39. The number of thiophene rings is 1. The largest absolute Gasteiger partial charge is 0.494 e. The number of hydrogen-bond donors (Lipinski definition) is 3. The van der Waals surface area contributed by atoms with Crippen LogP contribution >= 0.6 is 22.9 Å². The van der Waals surface area contributed by atoms with Gasteiger partial charge in [-0.1, -0.05) is 23.7 Å². The molecule has 9 nitrogen and oxygen atoms in total. The monoisotopic (exact) mass is 688 g/mol. The molecular weight excluding hydrogens is 664 g/mol. The molecule has 0 aliphatic carbocycles. The van der Waals surface area contributed by atoms with Gasteiger partial charge in [-0.15, -0.1) is 11.3 Å². The Labute approximate surface area is 273 Å². The molecule has 0 spiro atoms. The summed E-state index contributed by atoms with van der Waals surface area (Å²) in [5.74, 6) is -2.27. The molecule has 2 atom stereocenters. The molecule has 5 aromatic rings. The van der Waals surface area contributed by atoms with Crippen LogP contribution in [0.15, 0.2) is 47.8 Å². The van der Waals surface area contributed by atoms with E-state index in [2.05, 4.69) is 15.3 Å². The molecule has 0 saturated carbocycles. The van der Waals surface area contributed by atoms with E-state index >= 15 is 0 Å². The van der Waals surface area contributed by atoms with E-state index in [0.29, 0.717) is 27.0 Å². The molecule has 1 unspecified atom stereocenters. The summed E-state index contributed by atoms with van der Waals surface area (Å²) >= 11 is 7.20. The number of carbonyl (C=O) groups is 2. The topological polar surface area (TPSA) is 137 Å². The molecule has 2 aromatic carbocycles. The van der Waals surface area contributed by atoms with Gasteiger partial charge in [-0.05, 0) is 44.2 Å². The highest BCUT2D eigenvalue weighted by molar-refractivity contribution is 7.17.